The summed E-state index contributed by atoms with van der Waals surface area (Å²) >= 11 is 1.53. The molecule has 0 aromatic heterocycles. The van der Waals surface area contributed by atoms with Gasteiger partial charge in [0.1, 0.15) is 0 Å². The second-order valence-corrected chi connectivity index (χ2v) is 18.1. The number of hydrogen-bond acceptors (Lipinski definition) is 0. The Bertz CT molecular complexity index is 2150. The maximum absolute atomic E-state index is 3.69. The van der Waals surface area contributed by atoms with Crippen molar-refractivity contribution in [3.8, 4) is 11.1 Å². The summed E-state index contributed by atoms with van der Waals surface area (Å²) in [6, 6.07) is 51.6. The van der Waals surface area contributed by atoms with Crippen LogP contribution in [-0.4, -0.2) is 3.21 Å². The predicted molar refractivity (Wildman–Crippen MR) is 223 cm³/mol. The van der Waals surface area contributed by atoms with Gasteiger partial charge < -0.3 is 24.8 Å². The van der Waals surface area contributed by atoms with Crippen LogP contribution < -0.4 is 24.8 Å². The minimum atomic E-state index is 0. The van der Waals surface area contributed by atoms with Crippen LogP contribution in [-0.2, 0) is 54.3 Å². The first-order valence-electron chi connectivity index (χ1n) is 18.7. The molecule has 0 bridgehead atoms. The minimum absolute atomic E-state index is 0. The Morgan fingerprint density at radius 2 is 1.09 bits per heavy atom. The van der Waals surface area contributed by atoms with Crippen LogP contribution >= 0.6 is 0 Å². The molecule has 0 aliphatic heterocycles. The summed E-state index contributed by atoms with van der Waals surface area (Å²) in [7, 11) is 0. The average molecular weight is 827 g/mol. The molecule has 0 saturated carbocycles. The Morgan fingerprint density at radius 3 is 1.57 bits per heavy atom. The number of rotatable bonds is 4. The molecule has 0 radical (unpaired) electrons. The molecule has 0 nitrogen and oxygen atoms in total. The van der Waals surface area contributed by atoms with Gasteiger partial charge in [-0.1, -0.05) is 71.6 Å². The third kappa shape index (κ3) is 10.2. The molecule has 276 valence electrons. The van der Waals surface area contributed by atoms with Gasteiger partial charge in [0, 0.05) is 0 Å². The third-order valence-electron chi connectivity index (χ3n) is 10.2. The maximum atomic E-state index is 3.69. The van der Waals surface area contributed by atoms with E-state index in [9.17, 15) is 0 Å². The van der Waals surface area contributed by atoms with Crippen molar-refractivity contribution in [2.45, 2.75) is 85.5 Å². The van der Waals surface area contributed by atoms with Gasteiger partial charge in [-0.05, 0) is 35.4 Å². The summed E-state index contributed by atoms with van der Waals surface area (Å²) in [4.78, 5) is 0. The smallest absolute Gasteiger partial charge is 0.172 e. The Morgan fingerprint density at radius 1 is 0.611 bits per heavy atom. The fourth-order valence-corrected chi connectivity index (χ4v) is 8.70. The van der Waals surface area contributed by atoms with Crippen molar-refractivity contribution in [1.29, 1.82) is 0 Å². The van der Waals surface area contributed by atoms with E-state index >= 15 is 0 Å². The molecule has 1 aliphatic rings. The van der Waals surface area contributed by atoms with Gasteiger partial charge in [0.2, 0.25) is 0 Å². The molecule has 0 unspecified atom stereocenters. The summed E-state index contributed by atoms with van der Waals surface area (Å²) in [6.07, 6.45) is 3.17. The number of hydrogen-bond donors (Lipinski definition) is 0. The molecule has 0 spiro atoms. The summed E-state index contributed by atoms with van der Waals surface area (Å²) in [6.45, 7) is 18.2. The molecule has 8 rings (SSSR count). The number of benzene rings is 6. The van der Waals surface area contributed by atoms with E-state index < -0.39 is 0 Å². The molecular formula is C51H52Cl2Zr-2. The van der Waals surface area contributed by atoms with Crippen LogP contribution in [0.25, 0.3) is 32.7 Å². The molecular weight excluding hydrogens is 775 g/mol. The average Bonchev–Trinajstić information content (AvgIpc) is 3.79. The van der Waals surface area contributed by atoms with E-state index in [1.807, 2.05) is 30.3 Å². The largest absolute Gasteiger partial charge is 0.214 e. The Hall–Kier alpha value is -3.48. The van der Waals surface area contributed by atoms with Gasteiger partial charge in [0.15, 0.2) is 0 Å². The van der Waals surface area contributed by atoms with Crippen LogP contribution in [0.3, 0.4) is 0 Å². The van der Waals surface area contributed by atoms with Gasteiger partial charge in [0.05, 0.1) is 0 Å². The monoisotopic (exact) mass is 824 g/mol. The van der Waals surface area contributed by atoms with Crippen LogP contribution in [0, 0.1) is 19.9 Å². The van der Waals surface area contributed by atoms with E-state index in [2.05, 4.69) is 165 Å². The van der Waals surface area contributed by atoms with E-state index in [1.54, 1.807) is 3.21 Å². The molecule has 0 heterocycles. The van der Waals surface area contributed by atoms with Crippen molar-refractivity contribution in [1.82, 2.24) is 0 Å². The first-order valence-corrected chi connectivity index (χ1v) is 19.9. The van der Waals surface area contributed by atoms with Crippen LogP contribution in [0.1, 0.15) is 86.1 Å². The molecule has 0 fully saturated rings. The molecule has 0 atom stereocenters. The Kier molecular flexibility index (Phi) is 14.8. The molecule has 0 saturated heterocycles. The quantitative estimate of drug-likeness (QED) is 0.165. The zero-order chi connectivity index (χ0) is 37.0. The van der Waals surface area contributed by atoms with Crippen molar-refractivity contribution in [2.24, 2.45) is 0 Å². The van der Waals surface area contributed by atoms with Gasteiger partial charge in [-0.3, -0.25) is 0 Å². The van der Waals surface area contributed by atoms with E-state index in [0.29, 0.717) is 0 Å². The van der Waals surface area contributed by atoms with Crippen LogP contribution in [0.5, 0.6) is 0 Å². The summed E-state index contributed by atoms with van der Waals surface area (Å²) in [5.41, 5.74) is 14.5. The predicted octanol–water partition coefficient (Wildman–Crippen LogP) is 7.18. The van der Waals surface area contributed by atoms with Gasteiger partial charge >= 0.3 is 158 Å². The van der Waals surface area contributed by atoms with Gasteiger partial charge in [0.25, 0.3) is 0 Å². The normalized spacial score (nSPS) is 11.6. The molecule has 7 aromatic carbocycles. The van der Waals surface area contributed by atoms with Gasteiger partial charge in [-0.15, -0.1) is 16.7 Å². The van der Waals surface area contributed by atoms with E-state index in [-0.39, 0.29) is 35.6 Å². The molecule has 0 N–H and O–H groups in total. The zero-order valence-electron chi connectivity index (χ0n) is 33.1. The second-order valence-electron chi connectivity index (χ2n) is 16.4. The van der Waals surface area contributed by atoms with Gasteiger partial charge in [-0.2, -0.15) is 35.9 Å². The zero-order valence-corrected chi connectivity index (χ0v) is 37.0. The fraction of sp³-hybridized carbons (Fsp3) is 0.255. The number of aryl methyl sites for hydroxylation is 2. The molecule has 3 heteroatoms. The fourth-order valence-electron chi connectivity index (χ4n) is 7.76. The van der Waals surface area contributed by atoms with Crippen molar-refractivity contribution in [2.75, 3.05) is 0 Å². The van der Waals surface area contributed by atoms with E-state index in [0.717, 1.165) is 19.3 Å². The van der Waals surface area contributed by atoms with Crippen LogP contribution in [0.15, 0.2) is 133 Å². The van der Waals surface area contributed by atoms with Crippen LogP contribution in [0.4, 0.5) is 0 Å². The van der Waals surface area contributed by atoms with Crippen molar-refractivity contribution in [3.63, 3.8) is 0 Å². The Balaban J connectivity index is 0.000000206. The first-order chi connectivity index (χ1) is 24.8. The van der Waals surface area contributed by atoms with Crippen LogP contribution in [0.2, 0.25) is 0 Å². The topological polar surface area (TPSA) is 0 Å². The van der Waals surface area contributed by atoms with Crippen molar-refractivity contribution in [3.05, 3.63) is 184 Å². The molecule has 54 heavy (non-hydrogen) atoms. The van der Waals surface area contributed by atoms with E-state index in [1.165, 1.54) is 101 Å². The molecule has 0 amide bonds. The Labute approximate surface area is 351 Å². The second kappa shape index (κ2) is 18.4. The standard InChI is InChI=1S/C23H18.C23H29.C5H5.2ClH.Zr/c1-3-16-22-18(8-1)10-5-12-20(22)14-7-15-21-13-6-11-19-9-2-4-17-23(19)21;1-14-9-16-11-17-10-15(2)21(23(6,7)8)13-19(17)18(16)12-20(14)22(3,4)5;1-2-4-5-3-1;;;/h1-6,8-13,16-17H,14-15H2;9,12-13H,11H2,1-8H3;1-5H;2*1H;/q;2*-1;;;+2/p-2. The minimum Gasteiger partial charge on any atom is -0.214 e. The number of halogens is 2. The summed E-state index contributed by atoms with van der Waals surface area (Å²) in [5, 5.41) is 5.45. The summed E-state index contributed by atoms with van der Waals surface area (Å²) in [5.74, 6) is 0. The SMILES string of the molecule is Cc1[c-]c2c(cc1C(C)(C)C)-c1cc(C(C)(C)C)c(C)cc1C2.[Cl-].[Cl-].[Zr+2]=[C](Cc1cccc2ccccc12)Cc1cccc2ccccc12.c1cc[cH-]c1. The number of fused-ring (bicyclic) bond motifs is 5. The van der Waals surface area contributed by atoms with Gasteiger partial charge in [-0.25, -0.2) is 12.1 Å². The van der Waals surface area contributed by atoms with Crippen molar-refractivity contribution >= 4 is 24.8 Å². The summed E-state index contributed by atoms with van der Waals surface area (Å²) < 4.78 is 1.59. The first kappa shape index (κ1) is 43.3. The van der Waals surface area contributed by atoms with Crippen molar-refractivity contribution < 1.29 is 49.0 Å². The van der Waals surface area contributed by atoms with E-state index in [4.69, 9.17) is 0 Å². The molecule has 1 aliphatic carbocycles. The third-order valence-corrected chi connectivity index (χ3v) is 11.1. The molecule has 7 aromatic rings. The maximum Gasteiger partial charge on any atom is -0.172 e.